The summed E-state index contributed by atoms with van der Waals surface area (Å²) in [4.78, 5) is 15.3. The van der Waals surface area contributed by atoms with E-state index in [9.17, 15) is 4.79 Å². The van der Waals surface area contributed by atoms with Crippen LogP contribution in [-0.2, 0) is 21.6 Å². The molecule has 0 fully saturated rings. The Bertz CT molecular complexity index is 352. The van der Waals surface area contributed by atoms with Crippen LogP contribution in [-0.4, -0.2) is 22.1 Å². The number of aryl methyl sites for hydroxylation is 1. The Morgan fingerprint density at radius 3 is 2.88 bits per heavy atom. The van der Waals surface area contributed by atoms with Gasteiger partial charge in [0.15, 0.2) is 0 Å². The van der Waals surface area contributed by atoms with Gasteiger partial charge in [0, 0.05) is 12.7 Å². The first-order valence-corrected chi connectivity index (χ1v) is 5.40. The van der Waals surface area contributed by atoms with Crippen LogP contribution in [0.15, 0.2) is 12.5 Å². The fourth-order valence-corrected chi connectivity index (χ4v) is 1.48. The second kappa shape index (κ2) is 5.12. The quantitative estimate of drug-likeness (QED) is 0.760. The average molecular weight is 225 g/mol. The number of hydrogen-bond acceptors (Lipinski definition) is 4. The summed E-state index contributed by atoms with van der Waals surface area (Å²) in [5, 5.41) is 0. The van der Waals surface area contributed by atoms with Gasteiger partial charge in [0.25, 0.3) is 0 Å². The normalized spacial score (nSPS) is 11.5. The number of aromatic nitrogens is 2. The highest BCUT2D eigenvalue weighted by atomic mass is 16.5. The maximum absolute atomic E-state index is 11.2. The summed E-state index contributed by atoms with van der Waals surface area (Å²) in [6.45, 7) is 6.58. The Kier molecular flexibility index (Phi) is 4.06. The molecule has 0 saturated heterocycles. The Hall–Kier alpha value is -1.36. The Morgan fingerprint density at radius 2 is 2.31 bits per heavy atom. The minimum atomic E-state index is -0.453. The summed E-state index contributed by atoms with van der Waals surface area (Å²) in [5.74, 6) is -0.197. The third-order valence-electron chi connectivity index (χ3n) is 2.23. The molecule has 0 amide bonds. The van der Waals surface area contributed by atoms with E-state index >= 15 is 0 Å². The van der Waals surface area contributed by atoms with Crippen LogP contribution in [0.5, 0.6) is 0 Å². The summed E-state index contributed by atoms with van der Waals surface area (Å²) in [7, 11) is 0. The number of ether oxygens (including phenoxy) is 1. The standard InChI is InChI=1S/C11H19N3O2/c1-4-16-10(15)5-6-14-8-13-7-9(14)11(2,3)12/h7-8H,4-6,12H2,1-3H3. The topological polar surface area (TPSA) is 70.1 Å². The van der Waals surface area contributed by atoms with Gasteiger partial charge in [-0.1, -0.05) is 0 Å². The fraction of sp³-hybridized carbons (Fsp3) is 0.636. The highest BCUT2D eigenvalue weighted by Crippen LogP contribution is 2.16. The lowest BCUT2D eigenvalue weighted by molar-refractivity contribution is -0.143. The van der Waals surface area contributed by atoms with E-state index in [0.717, 1.165) is 5.69 Å². The molecule has 16 heavy (non-hydrogen) atoms. The van der Waals surface area contributed by atoms with Gasteiger partial charge in [-0.15, -0.1) is 0 Å². The van der Waals surface area contributed by atoms with E-state index in [-0.39, 0.29) is 5.97 Å². The molecule has 5 heteroatoms. The Balaban J connectivity index is 2.61. The minimum Gasteiger partial charge on any atom is -0.466 e. The van der Waals surface area contributed by atoms with E-state index in [1.165, 1.54) is 0 Å². The van der Waals surface area contributed by atoms with Gasteiger partial charge in [0.2, 0.25) is 0 Å². The van der Waals surface area contributed by atoms with Gasteiger partial charge in [-0.25, -0.2) is 4.98 Å². The number of carbonyl (C=O) groups is 1. The predicted molar refractivity (Wildman–Crippen MR) is 60.7 cm³/mol. The lowest BCUT2D eigenvalue weighted by Crippen LogP contribution is -2.31. The number of nitrogens with two attached hydrogens (primary N) is 1. The first kappa shape index (κ1) is 12.7. The monoisotopic (exact) mass is 225 g/mol. The Morgan fingerprint density at radius 1 is 1.62 bits per heavy atom. The van der Waals surface area contributed by atoms with Crippen molar-refractivity contribution in [1.82, 2.24) is 9.55 Å². The van der Waals surface area contributed by atoms with Crippen molar-refractivity contribution in [3.63, 3.8) is 0 Å². The minimum absolute atomic E-state index is 0.197. The largest absolute Gasteiger partial charge is 0.466 e. The van der Waals surface area contributed by atoms with Gasteiger partial charge < -0.3 is 15.0 Å². The van der Waals surface area contributed by atoms with Gasteiger partial charge in [-0.3, -0.25) is 4.79 Å². The molecule has 0 aliphatic heterocycles. The zero-order valence-electron chi connectivity index (χ0n) is 10.1. The van der Waals surface area contributed by atoms with Crippen LogP contribution in [0.3, 0.4) is 0 Å². The van der Waals surface area contributed by atoms with Crippen molar-refractivity contribution in [3.8, 4) is 0 Å². The lowest BCUT2D eigenvalue weighted by atomic mass is 10.0. The van der Waals surface area contributed by atoms with Crippen LogP contribution in [0.1, 0.15) is 32.9 Å². The van der Waals surface area contributed by atoms with Gasteiger partial charge in [-0.2, -0.15) is 0 Å². The van der Waals surface area contributed by atoms with Crippen LogP contribution in [0.25, 0.3) is 0 Å². The van der Waals surface area contributed by atoms with Crippen molar-refractivity contribution >= 4 is 5.97 Å². The predicted octanol–water partition coefficient (Wildman–Crippen LogP) is 1.03. The molecule has 0 saturated carbocycles. The molecule has 0 radical (unpaired) electrons. The summed E-state index contributed by atoms with van der Waals surface area (Å²) in [6.07, 6.45) is 3.75. The molecule has 0 aliphatic rings. The number of nitrogens with zero attached hydrogens (tertiary/aromatic N) is 2. The lowest BCUT2D eigenvalue weighted by Gasteiger charge is -2.20. The first-order valence-electron chi connectivity index (χ1n) is 5.40. The second-order valence-electron chi connectivity index (χ2n) is 4.25. The van der Waals surface area contributed by atoms with Crippen LogP contribution in [0, 0.1) is 0 Å². The fourth-order valence-electron chi connectivity index (χ4n) is 1.48. The maximum Gasteiger partial charge on any atom is 0.307 e. The third kappa shape index (κ3) is 3.34. The summed E-state index contributed by atoms with van der Waals surface area (Å²) in [6, 6.07) is 0. The van der Waals surface area contributed by atoms with Crippen molar-refractivity contribution in [2.45, 2.75) is 39.3 Å². The molecule has 1 rings (SSSR count). The molecule has 0 bridgehead atoms. The molecule has 1 aromatic heterocycles. The first-order chi connectivity index (χ1) is 7.45. The van der Waals surface area contributed by atoms with E-state index in [4.69, 9.17) is 10.5 Å². The number of rotatable bonds is 5. The smallest absolute Gasteiger partial charge is 0.307 e. The van der Waals surface area contributed by atoms with Gasteiger partial charge in [0.1, 0.15) is 0 Å². The summed E-state index contributed by atoms with van der Waals surface area (Å²) in [5.41, 5.74) is 6.45. The highest BCUT2D eigenvalue weighted by molar-refractivity contribution is 5.69. The van der Waals surface area contributed by atoms with Crippen LogP contribution < -0.4 is 5.73 Å². The molecule has 0 spiro atoms. The molecular weight excluding hydrogens is 206 g/mol. The molecule has 90 valence electrons. The van der Waals surface area contributed by atoms with Crippen molar-refractivity contribution in [2.75, 3.05) is 6.61 Å². The van der Waals surface area contributed by atoms with Crippen molar-refractivity contribution < 1.29 is 9.53 Å². The van der Waals surface area contributed by atoms with Crippen molar-refractivity contribution in [3.05, 3.63) is 18.2 Å². The summed E-state index contributed by atoms with van der Waals surface area (Å²) >= 11 is 0. The molecule has 0 unspecified atom stereocenters. The summed E-state index contributed by atoms with van der Waals surface area (Å²) < 4.78 is 6.75. The van der Waals surface area contributed by atoms with Gasteiger partial charge in [0.05, 0.1) is 30.6 Å². The van der Waals surface area contributed by atoms with Crippen LogP contribution in [0.2, 0.25) is 0 Å². The molecule has 2 N–H and O–H groups in total. The van der Waals surface area contributed by atoms with E-state index < -0.39 is 5.54 Å². The van der Waals surface area contributed by atoms with Crippen molar-refractivity contribution in [1.29, 1.82) is 0 Å². The average Bonchev–Trinajstić information content (AvgIpc) is 2.62. The Labute approximate surface area is 95.6 Å². The molecule has 0 atom stereocenters. The molecule has 1 heterocycles. The van der Waals surface area contributed by atoms with Crippen molar-refractivity contribution in [2.24, 2.45) is 5.73 Å². The number of hydrogen-bond donors (Lipinski definition) is 1. The SMILES string of the molecule is CCOC(=O)CCn1cncc1C(C)(C)N. The molecule has 0 aromatic carbocycles. The van der Waals surface area contributed by atoms with E-state index in [2.05, 4.69) is 4.98 Å². The van der Waals surface area contributed by atoms with Gasteiger partial charge >= 0.3 is 5.97 Å². The van der Waals surface area contributed by atoms with Gasteiger partial charge in [-0.05, 0) is 20.8 Å². The third-order valence-corrected chi connectivity index (χ3v) is 2.23. The molecule has 0 aliphatic carbocycles. The molecular formula is C11H19N3O2. The molecule has 1 aromatic rings. The zero-order valence-corrected chi connectivity index (χ0v) is 10.1. The van der Waals surface area contributed by atoms with E-state index in [1.54, 1.807) is 19.4 Å². The molecule has 5 nitrogen and oxygen atoms in total. The number of carbonyl (C=O) groups excluding carboxylic acids is 1. The van der Waals surface area contributed by atoms with Crippen LogP contribution >= 0.6 is 0 Å². The second-order valence-corrected chi connectivity index (χ2v) is 4.25. The highest BCUT2D eigenvalue weighted by Gasteiger charge is 2.19. The van der Waals surface area contributed by atoms with E-state index in [0.29, 0.717) is 19.6 Å². The number of imidazole rings is 1. The maximum atomic E-state index is 11.2. The van der Waals surface area contributed by atoms with E-state index in [1.807, 2.05) is 18.4 Å². The zero-order chi connectivity index (χ0) is 12.2. The van der Waals surface area contributed by atoms with Crippen LogP contribution in [0.4, 0.5) is 0 Å². The number of esters is 1.